The summed E-state index contributed by atoms with van der Waals surface area (Å²) in [5.74, 6) is 0.330. The lowest BCUT2D eigenvalue weighted by Gasteiger charge is -2.21. The van der Waals surface area contributed by atoms with E-state index < -0.39 is 0 Å². The minimum Gasteiger partial charge on any atom is -0.497 e. The van der Waals surface area contributed by atoms with Gasteiger partial charge < -0.3 is 15.0 Å². The molecule has 0 unspecified atom stereocenters. The molecule has 0 heterocycles. The summed E-state index contributed by atoms with van der Waals surface area (Å²) in [7, 11) is 1.57. The fourth-order valence-electron chi connectivity index (χ4n) is 2.35. The van der Waals surface area contributed by atoms with Gasteiger partial charge in [0.15, 0.2) is 0 Å². The van der Waals surface area contributed by atoms with E-state index in [-0.39, 0.29) is 24.8 Å². The molecular formula is C19H21ClN2O3. The van der Waals surface area contributed by atoms with Gasteiger partial charge in [0.1, 0.15) is 5.75 Å². The van der Waals surface area contributed by atoms with E-state index in [1.807, 2.05) is 19.1 Å². The van der Waals surface area contributed by atoms with E-state index in [1.165, 1.54) is 6.92 Å². The Morgan fingerprint density at radius 2 is 1.96 bits per heavy atom. The zero-order valence-corrected chi connectivity index (χ0v) is 15.3. The fraction of sp³-hybridized carbons (Fsp3) is 0.263. The van der Waals surface area contributed by atoms with Gasteiger partial charge >= 0.3 is 0 Å². The van der Waals surface area contributed by atoms with Crippen molar-refractivity contribution in [3.63, 3.8) is 0 Å². The van der Waals surface area contributed by atoms with Crippen molar-refractivity contribution in [1.82, 2.24) is 0 Å². The topological polar surface area (TPSA) is 58.6 Å². The smallest absolute Gasteiger partial charge is 0.226 e. The summed E-state index contributed by atoms with van der Waals surface area (Å²) >= 11 is 6.06. The number of carbonyl (C=O) groups excluding carboxylic acids is 2. The van der Waals surface area contributed by atoms with E-state index >= 15 is 0 Å². The summed E-state index contributed by atoms with van der Waals surface area (Å²) in [6, 6.07) is 12.5. The van der Waals surface area contributed by atoms with Crippen molar-refractivity contribution in [2.45, 2.75) is 20.3 Å². The maximum atomic E-state index is 12.2. The van der Waals surface area contributed by atoms with Crippen LogP contribution in [0.15, 0.2) is 42.5 Å². The highest BCUT2D eigenvalue weighted by Crippen LogP contribution is 2.22. The summed E-state index contributed by atoms with van der Waals surface area (Å²) in [5.41, 5.74) is 2.27. The Kier molecular flexibility index (Phi) is 6.42. The summed E-state index contributed by atoms with van der Waals surface area (Å²) < 4.78 is 5.18. The highest BCUT2D eigenvalue weighted by atomic mass is 35.5. The number of benzene rings is 2. The quantitative estimate of drug-likeness (QED) is 0.845. The number of halogens is 1. The number of nitrogens with zero attached hydrogens (tertiary/aromatic N) is 1. The van der Waals surface area contributed by atoms with Crippen LogP contribution in [0.2, 0.25) is 5.02 Å². The number of methoxy groups -OCH3 is 1. The first-order valence-corrected chi connectivity index (χ1v) is 8.26. The molecule has 0 bridgehead atoms. The third-order valence-corrected chi connectivity index (χ3v) is 4.17. The lowest BCUT2D eigenvalue weighted by atomic mass is 10.2. The molecule has 0 aromatic heterocycles. The number of rotatable bonds is 6. The third kappa shape index (κ3) is 5.22. The Hall–Kier alpha value is -2.53. The number of aryl methyl sites for hydroxylation is 1. The minimum atomic E-state index is -0.186. The molecule has 0 aliphatic carbocycles. The van der Waals surface area contributed by atoms with Crippen LogP contribution in [-0.2, 0) is 9.59 Å². The average molecular weight is 361 g/mol. The molecule has 0 aliphatic heterocycles. The van der Waals surface area contributed by atoms with E-state index in [0.29, 0.717) is 22.1 Å². The molecule has 0 spiro atoms. The molecule has 1 N–H and O–H groups in total. The molecule has 2 amide bonds. The maximum absolute atomic E-state index is 12.2. The van der Waals surface area contributed by atoms with Crippen LogP contribution in [-0.4, -0.2) is 25.5 Å². The molecule has 0 fully saturated rings. The number of ether oxygens (including phenoxy) is 1. The second-order valence-electron chi connectivity index (χ2n) is 5.63. The molecular weight excluding hydrogens is 340 g/mol. The van der Waals surface area contributed by atoms with Crippen LogP contribution in [0.5, 0.6) is 5.75 Å². The SMILES string of the molecule is COc1cccc(N(CCC(=O)Nc2ccc(C)c(Cl)c2)C(C)=O)c1. The molecule has 0 atom stereocenters. The largest absolute Gasteiger partial charge is 0.497 e. The van der Waals surface area contributed by atoms with Gasteiger partial charge in [0.25, 0.3) is 0 Å². The number of hydrogen-bond acceptors (Lipinski definition) is 3. The lowest BCUT2D eigenvalue weighted by Crippen LogP contribution is -2.31. The van der Waals surface area contributed by atoms with Gasteiger partial charge in [0, 0.05) is 42.4 Å². The molecule has 2 rings (SSSR count). The molecule has 0 saturated carbocycles. The number of amides is 2. The lowest BCUT2D eigenvalue weighted by molar-refractivity contribution is -0.117. The number of hydrogen-bond donors (Lipinski definition) is 1. The van der Waals surface area contributed by atoms with Gasteiger partial charge in [-0.3, -0.25) is 9.59 Å². The molecule has 0 radical (unpaired) electrons. The molecule has 0 aliphatic rings. The van der Waals surface area contributed by atoms with Gasteiger partial charge in [0.2, 0.25) is 11.8 Å². The first kappa shape index (κ1) is 18.8. The predicted octanol–water partition coefficient (Wildman–Crippen LogP) is 4.04. The molecule has 5 nitrogen and oxygen atoms in total. The number of carbonyl (C=O) groups is 2. The number of anilines is 2. The maximum Gasteiger partial charge on any atom is 0.226 e. The van der Waals surface area contributed by atoms with Crippen molar-refractivity contribution in [3.8, 4) is 5.75 Å². The van der Waals surface area contributed by atoms with E-state index in [0.717, 1.165) is 5.56 Å². The molecule has 25 heavy (non-hydrogen) atoms. The zero-order chi connectivity index (χ0) is 18.4. The van der Waals surface area contributed by atoms with Crippen LogP contribution in [0.25, 0.3) is 0 Å². The van der Waals surface area contributed by atoms with E-state index in [9.17, 15) is 9.59 Å². The van der Waals surface area contributed by atoms with E-state index in [1.54, 1.807) is 42.3 Å². The summed E-state index contributed by atoms with van der Waals surface area (Å²) in [5, 5.41) is 3.39. The zero-order valence-electron chi connectivity index (χ0n) is 14.5. The van der Waals surface area contributed by atoms with Crippen molar-refractivity contribution in [1.29, 1.82) is 0 Å². The van der Waals surface area contributed by atoms with Gasteiger partial charge in [-0.25, -0.2) is 0 Å². The summed E-state index contributed by atoms with van der Waals surface area (Å²) in [4.78, 5) is 25.7. The van der Waals surface area contributed by atoms with Crippen molar-refractivity contribution in [2.24, 2.45) is 0 Å². The molecule has 6 heteroatoms. The highest BCUT2D eigenvalue weighted by molar-refractivity contribution is 6.31. The van der Waals surface area contributed by atoms with Crippen molar-refractivity contribution < 1.29 is 14.3 Å². The van der Waals surface area contributed by atoms with E-state index in [2.05, 4.69) is 5.32 Å². The Morgan fingerprint density at radius 3 is 2.60 bits per heavy atom. The molecule has 0 saturated heterocycles. The Balaban J connectivity index is 2.01. The van der Waals surface area contributed by atoms with Gasteiger partial charge in [-0.05, 0) is 36.8 Å². The van der Waals surface area contributed by atoms with Crippen molar-refractivity contribution in [2.75, 3.05) is 23.9 Å². The van der Waals surface area contributed by atoms with Crippen LogP contribution < -0.4 is 15.0 Å². The Labute approximate surface area is 152 Å². The summed E-state index contributed by atoms with van der Waals surface area (Å²) in [6.45, 7) is 3.64. The molecule has 2 aromatic rings. The standard InChI is InChI=1S/C19H21ClN2O3/c1-13-7-8-15(11-18(13)20)21-19(24)9-10-22(14(2)23)16-5-4-6-17(12-16)25-3/h4-8,11-12H,9-10H2,1-3H3,(H,21,24). The van der Waals surface area contributed by atoms with Crippen LogP contribution in [0.1, 0.15) is 18.9 Å². The van der Waals surface area contributed by atoms with Crippen LogP contribution in [0.4, 0.5) is 11.4 Å². The predicted molar refractivity (Wildman–Crippen MR) is 100 cm³/mol. The Morgan fingerprint density at radius 1 is 1.20 bits per heavy atom. The van der Waals surface area contributed by atoms with Gasteiger partial charge in [0.05, 0.1) is 7.11 Å². The highest BCUT2D eigenvalue weighted by Gasteiger charge is 2.14. The molecule has 132 valence electrons. The van der Waals surface area contributed by atoms with Gasteiger partial charge in [-0.15, -0.1) is 0 Å². The fourth-order valence-corrected chi connectivity index (χ4v) is 2.53. The second kappa shape index (κ2) is 8.53. The normalized spacial score (nSPS) is 10.2. The van der Waals surface area contributed by atoms with Crippen LogP contribution in [0.3, 0.4) is 0 Å². The van der Waals surface area contributed by atoms with E-state index in [4.69, 9.17) is 16.3 Å². The molecule has 2 aromatic carbocycles. The van der Waals surface area contributed by atoms with Crippen LogP contribution in [0, 0.1) is 6.92 Å². The third-order valence-electron chi connectivity index (χ3n) is 3.76. The monoisotopic (exact) mass is 360 g/mol. The Bertz CT molecular complexity index is 777. The van der Waals surface area contributed by atoms with Crippen molar-refractivity contribution in [3.05, 3.63) is 53.1 Å². The minimum absolute atomic E-state index is 0.139. The second-order valence-corrected chi connectivity index (χ2v) is 6.04. The first-order valence-electron chi connectivity index (χ1n) is 7.89. The van der Waals surface area contributed by atoms with Gasteiger partial charge in [-0.2, -0.15) is 0 Å². The van der Waals surface area contributed by atoms with Crippen LogP contribution >= 0.6 is 11.6 Å². The average Bonchev–Trinajstić information content (AvgIpc) is 2.58. The summed E-state index contributed by atoms with van der Waals surface area (Å²) in [6.07, 6.45) is 0.169. The first-order chi connectivity index (χ1) is 11.9. The van der Waals surface area contributed by atoms with Crippen molar-refractivity contribution >= 4 is 34.8 Å². The number of nitrogens with one attached hydrogen (secondary N) is 1. The van der Waals surface area contributed by atoms with Gasteiger partial charge in [-0.1, -0.05) is 23.7 Å².